The molecule has 1 aliphatic heterocycles. The van der Waals surface area contributed by atoms with Crippen molar-refractivity contribution >= 4 is 17.3 Å². The van der Waals surface area contributed by atoms with Crippen LogP contribution in [-0.2, 0) is 0 Å². The highest BCUT2D eigenvalue weighted by Crippen LogP contribution is 2.52. The Labute approximate surface area is 104 Å². The Kier molecular flexibility index (Phi) is 2.36. The maximum atomic E-state index is 13.4. The molecule has 1 saturated carbocycles. The summed E-state index contributed by atoms with van der Waals surface area (Å²) in [6.45, 7) is 0. The number of ether oxygens (including phenoxy) is 2. The van der Waals surface area contributed by atoms with Crippen molar-refractivity contribution in [1.82, 2.24) is 0 Å². The summed E-state index contributed by atoms with van der Waals surface area (Å²) in [5.41, 5.74) is 5.63. The maximum absolute atomic E-state index is 13.4. The summed E-state index contributed by atoms with van der Waals surface area (Å²) in [5, 5.41) is 0.217. The third-order valence-electron chi connectivity index (χ3n) is 3.37. The van der Waals surface area contributed by atoms with Gasteiger partial charge in [-0.2, -0.15) is 0 Å². The average Bonchev–Trinajstić information content (AvgIpc) is 2.67. The Hall–Kier alpha value is -1.16. The Morgan fingerprint density at radius 1 is 1.18 bits per heavy atom. The van der Waals surface area contributed by atoms with Gasteiger partial charge in [0, 0.05) is 12.8 Å². The van der Waals surface area contributed by atoms with Gasteiger partial charge in [0.05, 0.1) is 5.02 Å². The minimum absolute atomic E-state index is 0.0214. The van der Waals surface area contributed by atoms with Gasteiger partial charge < -0.3 is 15.2 Å². The first-order valence-electron chi connectivity index (χ1n) is 5.77. The summed E-state index contributed by atoms with van der Waals surface area (Å²) >= 11 is 5.95. The maximum Gasteiger partial charge on any atom is 0.251 e. The zero-order valence-corrected chi connectivity index (χ0v) is 10.0. The van der Waals surface area contributed by atoms with Crippen molar-refractivity contribution in [3.8, 4) is 11.5 Å². The quantitative estimate of drug-likeness (QED) is 0.724. The normalized spacial score (nSPS) is 20.8. The van der Waals surface area contributed by atoms with E-state index >= 15 is 0 Å². The molecule has 2 aliphatic rings. The highest BCUT2D eigenvalue weighted by atomic mass is 35.5. The first-order valence-corrected chi connectivity index (χ1v) is 6.15. The number of hydrogen-bond donors (Lipinski definition) is 1. The molecule has 92 valence electrons. The summed E-state index contributed by atoms with van der Waals surface area (Å²) in [6.07, 6.45) is 4.82. The van der Waals surface area contributed by atoms with E-state index in [2.05, 4.69) is 0 Å². The second-order valence-corrected chi connectivity index (χ2v) is 4.99. The predicted octanol–water partition coefficient (Wildman–Crippen LogP) is 3.49. The smallest absolute Gasteiger partial charge is 0.251 e. The molecule has 0 aromatic heterocycles. The monoisotopic (exact) mass is 257 g/mol. The number of halogens is 2. The van der Waals surface area contributed by atoms with E-state index in [0.29, 0.717) is 5.75 Å². The number of hydrogen-bond acceptors (Lipinski definition) is 3. The van der Waals surface area contributed by atoms with E-state index in [1.807, 2.05) is 0 Å². The van der Waals surface area contributed by atoms with Gasteiger partial charge in [-0.1, -0.05) is 18.0 Å². The van der Waals surface area contributed by atoms with Crippen LogP contribution < -0.4 is 15.2 Å². The lowest BCUT2D eigenvalue weighted by Crippen LogP contribution is -2.40. The van der Waals surface area contributed by atoms with Crippen molar-refractivity contribution in [2.75, 3.05) is 5.73 Å². The first kappa shape index (κ1) is 11.0. The van der Waals surface area contributed by atoms with E-state index in [4.69, 9.17) is 26.8 Å². The number of nitrogens with two attached hydrogens (primary N) is 1. The SMILES string of the molecule is Nc1c(F)cc(Cl)c2c1OC1(CCCCC1)O2. The van der Waals surface area contributed by atoms with Crippen molar-refractivity contribution in [3.63, 3.8) is 0 Å². The van der Waals surface area contributed by atoms with Crippen LogP contribution in [0.15, 0.2) is 6.07 Å². The van der Waals surface area contributed by atoms with Crippen molar-refractivity contribution in [1.29, 1.82) is 0 Å². The summed E-state index contributed by atoms with van der Waals surface area (Å²) in [5.74, 6) is -0.596. The summed E-state index contributed by atoms with van der Waals surface area (Å²) in [7, 11) is 0. The molecule has 1 heterocycles. The molecule has 1 spiro atoms. The van der Waals surface area contributed by atoms with Gasteiger partial charge in [-0.15, -0.1) is 0 Å². The highest BCUT2D eigenvalue weighted by Gasteiger charge is 2.44. The minimum atomic E-state index is -0.674. The fourth-order valence-electron chi connectivity index (χ4n) is 2.48. The van der Waals surface area contributed by atoms with Gasteiger partial charge in [0.2, 0.25) is 0 Å². The molecule has 1 aromatic carbocycles. The summed E-state index contributed by atoms with van der Waals surface area (Å²) in [6, 6.07) is 1.17. The molecule has 0 atom stereocenters. The molecule has 1 fully saturated rings. The average molecular weight is 258 g/mol. The van der Waals surface area contributed by atoms with E-state index in [-0.39, 0.29) is 16.5 Å². The fraction of sp³-hybridized carbons (Fsp3) is 0.500. The molecular weight excluding hydrogens is 245 g/mol. The van der Waals surface area contributed by atoms with Crippen LogP contribution >= 0.6 is 11.6 Å². The number of rotatable bonds is 0. The van der Waals surface area contributed by atoms with Crippen LogP contribution in [0.3, 0.4) is 0 Å². The largest absolute Gasteiger partial charge is 0.447 e. The van der Waals surface area contributed by atoms with Crippen LogP contribution in [-0.4, -0.2) is 5.79 Å². The van der Waals surface area contributed by atoms with Gasteiger partial charge >= 0.3 is 0 Å². The third-order valence-corrected chi connectivity index (χ3v) is 3.65. The lowest BCUT2D eigenvalue weighted by molar-refractivity contribution is -0.105. The molecule has 2 N–H and O–H groups in total. The number of nitrogen functional groups attached to an aromatic ring is 1. The van der Waals surface area contributed by atoms with Gasteiger partial charge in [-0.25, -0.2) is 4.39 Å². The highest BCUT2D eigenvalue weighted by molar-refractivity contribution is 6.32. The third kappa shape index (κ3) is 1.62. The topological polar surface area (TPSA) is 44.5 Å². The van der Waals surface area contributed by atoms with Crippen LogP contribution in [0, 0.1) is 5.82 Å². The van der Waals surface area contributed by atoms with Crippen molar-refractivity contribution < 1.29 is 13.9 Å². The molecule has 0 amide bonds. The summed E-state index contributed by atoms with van der Waals surface area (Å²) < 4.78 is 25.0. The molecule has 5 heteroatoms. The van der Waals surface area contributed by atoms with Crippen molar-refractivity contribution in [3.05, 3.63) is 16.9 Å². The number of anilines is 1. The van der Waals surface area contributed by atoms with Gasteiger partial charge in [0.25, 0.3) is 5.79 Å². The second kappa shape index (κ2) is 3.67. The predicted molar refractivity (Wildman–Crippen MR) is 62.9 cm³/mol. The fourth-order valence-corrected chi connectivity index (χ4v) is 2.70. The minimum Gasteiger partial charge on any atom is -0.447 e. The van der Waals surface area contributed by atoms with Gasteiger partial charge in [-0.05, 0) is 18.9 Å². The molecular formula is C12H13ClFNO2. The van der Waals surface area contributed by atoms with E-state index in [0.717, 1.165) is 25.7 Å². The lowest BCUT2D eigenvalue weighted by atomic mass is 9.94. The Morgan fingerprint density at radius 2 is 1.82 bits per heavy atom. The molecule has 1 aliphatic carbocycles. The Balaban J connectivity index is 2.02. The van der Waals surface area contributed by atoms with Crippen LogP contribution in [0.2, 0.25) is 5.02 Å². The van der Waals surface area contributed by atoms with E-state index < -0.39 is 11.6 Å². The first-order chi connectivity index (χ1) is 8.11. The zero-order valence-electron chi connectivity index (χ0n) is 9.26. The number of benzene rings is 1. The molecule has 3 nitrogen and oxygen atoms in total. The van der Waals surface area contributed by atoms with Gasteiger partial charge in [0.1, 0.15) is 5.69 Å². The molecule has 0 saturated heterocycles. The van der Waals surface area contributed by atoms with Gasteiger partial charge in [-0.3, -0.25) is 0 Å². The van der Waals surface area contributed by atoms with Crippen molar-refractivity contribution in [2.24, 2.45) is 0 Å². The molecule has 0 radical (unpaired) electrons. The van der Waals surface area contributed by atoms with Crippen LogP contribution in [0.5, 0.6) is 11.5 Å². The molecule has 1 aromatic rings. The molecule has 0 bridgehead atoms. The van der Waals surface area contributed by atoms with E-state index in [1.54, 1.807) is 0 Å². The van der Waals surface area contributed by atoms with Crippen molar-refractivity contribution in [2.45, 2.75) is 37.9 Å². The standard InChI is InChI=1S/C12H13ClFNO2/c13-7-6-8(14)9(15)11-10(7)16-12(17-11)4-2-1-3-5-12/h6H,1-5,15H2. The van der Waals surface area contributed by atoms with Crippen LogP contribution in [0.4, 0.5) is 10.1 Å². The molecule has 0 unspecified atom stereocenters. The van der Waals surface area contributed by atoms with Crippen LogP contribution in [0.25, 0.3) is 0 Å². The molecule has 17 heavy (non-hydrogen) atoms. The Morgan fingerprint density at radius 3 is 2.53 bits per heavy atom. The van der Waals surface area contributed by atoms with Gasteiger partial charge in [0.15, 0.2) is 17.3 Å². The Bertz CT molecular complexity index is 472. The summed E-state index contributed by atoms with van der Waals surface area (Å²) in [4.78, 5) is 0. The number of fused-ring (bicyclic) bond motifs is 1. The molecule has 3 rings (SSSR count). The lowest BCUT2D eigenvalue weighted by Gasteiger charge is -2.31. The van der Waals surface area contributed by atoms with Crippen LogP contribution in [0.1, 0.15) is 32.1 Å². The zero-order chi connectivity index (χ0) is 12.0. The van der Waals surface area contributed by atoms with E-state index in [1.165, 1.54) is 12.5 Å². The second-order valence-electron chi connectivity index (χ2n) is 4.59. The van der Waals surface area contributed by atoms with E-state index in [9.17, 15) is 4.39 Å².